The summed E-state index contributed by atoms with van der Waals surface area (Å²) in [5, 5.41) is 10.1. The van der Waals surface area contributed by atoms with Crippen molar-refractivity contribution in [2.45, 2.75) is 45.7 Å². The number of anilines is 1. The molecule has 2 atom stereocenters. The molecule has 0 aliphatic carbocycles. The van der Waals surface area contributed by atoms with E-state index < -0.39 is 0 Å². The van der Waals surface area contributed by atoms with E-state index in [1.807, 2.05) is 19.3 Å². The van der Waals surface area contributed by atoms with E-state index in [0.717, 1.165) is 80.5 Å². The molecule has 2 N–H and O–H groups in total. The lowest BCUT2D eigenvalue weighted by Gasteiger charge is -2.38. The number of rotatable bonds is 5. The third-order valence-corrected chi connectivity index (χ3v) is 6.63. The molecule has 2 aromatic rings. The molecule has 9 nitrogen and oxygen atoms in total. The first kappa shape index (κ1) is 21.0. The fraction of sp³-hybridized carbons (Fsp3) is 0.522. The minimum Gasteiger partial charge on any atom is -0.324 e. The molecule has 168 valence electrons. The molecule has 0 aromatic carbocycles. The van der Waals surface area contributed by atoms with Crippen molar-refractivity contribution in [1.82, 2.24) is 30.0 Å². The van der Waals surface area contributed by atoms with Gasteiger partial charge < -0.3 is 5.32 Å². The first-order chi connectivity index (χ1) is 15.6. The van der Waals surface area contributed by atoms with E-state index >= 15 is 0 Å². The largest absolute Gasteiger partial charge is 0.324 e. The molecule has 3 aliphatic rings. The van der Waals surface area contributed by atoms with Gasteiger partial charge in [0.1, 0.15) is 11.5 Å². The Bertz CT molecular complexity index is 1050. The molecule has 2 aromatic heterocycles. The Morgan fingerprint density at radius 1 is 1.22 bits per heavy atom. The summed E-state index contributed by atoms with van der Waals surface area (Å²) in [6, 6.07) is 2.43. The first-order valence-corrected chi connectivity index (χ1v) is 11.5. The molecular weight excluding hydrogens is 404 g/mol. The zero-order valence-corrected chi connectivity index (χ0v) is 18.7. The monoisotopic (exact) mass is 434 g/mol. The predicted molar refractivity (Wildman–Crippen MR) is 123 cm³/mol. The highest BCUT2D eigenvalue weighted by molar-refractivity contribution is 5.95. The molecular formula is C23H30N8O. The standard InChI is InChI=1S/C23H30N8O/c1-3-17-11-20-21(27-23(17)32)10-16(12-24-20)14-30-6-8-31(9-7-30)18-4-5-19(25-13-18)22-26-15(2)28-29-22/h5,10,12-13,17-18H,3-4,6-9,11,14H2,1-2H3,(H,27,32)(H,26,28,29). The Balaban J connectivity index is 1.14. The zero-order valence-electron chi connectivity index (χ0n) is 18.7. The van der Waals surface area contributed by atoms with Crippen molar-refractivity contribution in [3.63, 3.8) is 0 Å². The lowest BCUT2D eigenvalue weighted by atomic mass is 9.94. The van der Waals surface area contributed by atoms with Crippen molar-refractivity contribution in [3.05, 3.63) is 41.2 Å². The van der Waals surface area contributed by atoms with Crippen LogP contribution in [0.4, 0.5) is 5.69 Å². The maximum Gasteiger partial charge on any atom is 0.227 e. The number of fused-ring (bicyclic) bond motifs is 1. The van der Waals surface area contributed by atoms with Crippen molar-refractivity contribution in [2.24, 2.45) is 10.9 Å². The van der Waals surface area contributed by atoms with E-state index in [1.54, 1.807) is 0 Å². The molecule has 5 heterocycles. The van der Waals surface area contributed by atoms with E-state index in [4.69, 9.17) is 0 Å². The van der Waals surface area contributed by atoms with Gasteiger partial charge in [-0.2, -0.15) is 5.10 Å². The molecule has 5 rings (SSSR count). The fourth-order valence-corrected chi connectivity index (χ4v) is 4.66. The SMILES string of the molecule is CCC1Cc2ncc(CN3CCN(C4C=NC(c5n[nH]c(C)n5)=CC4)CC3)cc2NC1=O. The van der Waals surface area contributed by atoms with Crippen LogP contribution in [0.2, 0.25) is 0 Å². The zero-order chi connectivity index (χ0) is 22.1. The molecule has 0 saturated carbocycles. The summed E-state index contributed by atoms with van der Waals surface area (Å²) in [6.45, 7) is 8.82. The summed E-state index contributed by atoms with van der Waals surface area (Å²) >= 11 is 0. The van der Waals surface area contributed by atoms with Crippen molar-refractivity contribution >= 4 is 23.5 Å². The Morgan fingerprint density at radius 3 is 2.75 bits per heavy atom. The van der Waals surface area contributed by atoms with Crippen LogP contribution in [0.15, 0.2) is 23.3 Å². The molecule has 9 heteroatoms. The van der Waals surface area contributed by atoms with Gasteiger partial charge in [-0.15, -0.1) is 0 Å². The number of nitrogens with one attached hydrogen (secondary N) is 2. The molecule has 3 aliphatic heterocycles. The van der Waals surface area contributed by atoms with Gasteiger partial charge in [0.25, 0.3) is 0 Å². The van der Waals surface area contributed by atoms with Crippen molar-refractivity contribution in [1.29, 1.82) is 0 Å². The molecule has 2 unspecified atom stereocenters. The van der Waals surface area contributed by atoms with Crippen molar-refractivity contribution in [3.8, 4) is 0 Å². The quantitative estimate of drug-likeness (QED) is 0.747. The van der Waals surface area contributed by atoms with Crippen molar-refractivity contribution in [2.75, 3.05) is 31.5 Å². The summed E-state index contributed by atoms with van der Waals surface area (Å²) < 4.78 is 0. The van der Waals surface area contributed by atoms with E-state index in [1.165, 1.54) is 0 Å². The number of amides is 1. The summed E-state index contributed by atoms with van der Waals surface area (Å²) in [5.74, 6) is 1.64. The summed E-state index contributed by atoms with van der Waals surface area (Å²) in [5.41, 5.74) is 3.90. The topological polar surface area (TPSA) is 102 Å². The van der Waals surface area contributed by atoms with Crippen LogP contribution >= 0.6 is 0 Å². The van der Waals surface area contributed by atoms with Crippen molar-refractivity contribution < 1.29 is 4.79 Å². The van der Waals surface area contributed by atoms with Gasteiger partial charge in [0.15, 0.2) is 5.82 Å². The minimum atomic E-state index is 0.0443. The summed E-state index contributed by atoms with van der Waals surface area (Å²) in [4.78, 5) is 30.8. The van der Waals surface area contributed by atoms with E-state index in [0.29, 0.717) is 11.9 Å². The average Bonchev–Trinajstić information content (AvgIpc) is 3.25. The number of hydrogen-bond acceptors (Lipinski definition) is 7. The number of piperazine rings is 1. The number of nitrogens with zero attached hydrogens (tertiary/aromatic N) is 6. The first-order valence-electron chi connectivity index (χ1n) is 11.5. The van der Waals surface area contributed by atoms with Gasteiger partial charge in [-0.05, 0) is 31.4 Å². The summed E-state index contributed by atoms with van der Waals surface area (Å²) in [6.07, 6.45) is 8.67. The van der Waals surface area contributed by atoms with Crippen LogP contribution in [-0.4, -0.2) is 74.3 Å². The van der Waals surface area contributed by atoms with E-state index in [2.05, 4.69) is 59.3 Å². The van der Waals surface area contributed by atoms with Gasteiger partial charge in [0.2, 0.25) is 5.91 Å². The molecule has 1 fully saturated rings. The lowest BCUT2D eigenvalue weighted by molar-refractivity contribution is -0.120. The fourth-order valence-electron chi connectivity index (χ4n) is 4.66. The Kier molecular flexibility index (Phi) is 5.84. The van der Waals surface area contributed by atoms with E-state index in [-0.39, 0.29) is 11.8 Å². The van der Waals surface area contributed by atoms with Gasteiger partial charge in [0.05, 0.1) is 11.4 Å². The molecule has 0 radical (unpaired) electrons. The highest BCUT2D eigenvalue weighted by atomic mass is 16.1. The number of aryl methyl sites for hydroxylation is 1. The van der Waals surface area contributed by atoms with Crippen LogP contribution in [0.1, 0.15) is 42.7 Å². The number of aliphatic imine (C=N–C) groups is 1. The Morgan fingerprint density at radius 2 is 2.06 bits per heavy atom. The average molecular weight is 435 g/mol. The number of carbonyl (C=O) groups excluding carboxylic acids is 1. The lowest BCUT2D eigenvalue weighted by Crippen LogP contribution is -2.50. The minimum absolute atomic E-state index is 0.0443. The van der Waals surface area contributed by atoms with Crippen LogP contribution in [0.3, 0.4) is 0 Å². The number of aromatic nitrogens is 4. The second kappa shape index (κ2) is 8.91. The normalized spacial score (nSPS) is 24.2. The number of aromatic amines is 1. The maximum absolute atomic E-state index is 12.2. The second-order valence-electron chi connectivity index (χ2n) is 8.86. The summed E-state index contributed by atoms with van der Waals surface area (Å²) in [7, 11) is 0. The van der Waals surface area contributed by atoms with Gasteiger partial charge in [-0.3, -0.25) is 29.7 Å². The number of H-pyrrole nitrogens is 1. The molecule has 1 amide bonds. The third-order valence-electron chi connectivity index (χ3n) is 6.63. The van der Waals surface area contributed by atoms with Gasteiger partial charge in [-0.25, -0.2) is 4.98 Å². The van der Waals surface area contributed by atoms with Gasteiger partial charge >= 0.3 is 0 Å². The van der Waals surface area contributed by atoms with Crippen LogP contribution in [0.5, 0.6) is 0 Å². The van der Waals surface area contributed by atoms with Crippen LogP contribution in [0, 0.1) is 12.8 Å². The van der Waals surface area contributed by atoms with Gasteiger partial charge in [0, 0.05) is 63.5 Å². The smallest absolute Gasteiger partial charge is 0.227 e. The van der Waals surface area contributed by atoms with E-state index in [9.17, 15) is 4.79 Å². The highest BCUT2D eigenvalue weighted by Gasteiger charge is 2.27. The molecule has 32 heavy (non-hydrogen) atoms. The third kappa shape index (κ3) is 4.35. The number of carbonyl (C=O) groups is 1. The van der Waals surface area contributed by atoms with Gasteiger partial charge in [-0.1, -0.05) is 13.0 Å². The second-order valence-corrected chi connectivity index (χ2v) is 8.86. The number of hydrogen-bond donors (Lipinski definition) is 2. The molecule has 1 saturated heterocycles. The molecule has 0 spiro atoms. The maximum atomic E-state index is 12.2. The Labute approximate surface area is 188 Å². The van der Waals surface area contributed by atoms with Crippen LogP contribution < -0.4 is 5.32 Å². The van der Waals surface area contributed by atoms with Crippen LogP contribution in [0.25, 0.3) is 5.70 Å². The predicted octanol–water partition coefficient (Wildman–Crippen LogP) is 2.03. The Hall–Kier alpha value is -2.91. The number of pyridine rings is 1. The highest BCUT2D eigenvalue weighted by Crippen LogP contribution is 2.27. The molecule has 0 bridgehead atoms. The van der Waals surface area contributed by atoms with Crippen LogP contribution in [-0.2, 0) is 17.8 Å².